The van der Waals surface area contributed by atoms with E-state index in [1.807, 2.05) is 12.1 Å². The van der Waals surface area contributed by atoms with Gasteiger partial charge in [-0.15, -0.1) is 11.3 Å². The van der Waals surface area contributed by atoms with E-state index in [4.69, 9.17) is 0 Å². The van der Waals surface area contributed by atoms with E-state index in [1.54, 1.807) is 11.3 Å². The fourth-order valence-corrected chi connectivity index (χ4v) is 12.7. The van der Waals surface area contributed by atoms with Gasteiger partial charge in [-0.25, -0.2) is 0 Å². The highest BCUT2D eigenvalue weighted by molar-refractivity contribution is 7.21. The van der Waals surface area contributed by atoms with Crippen LogP contribution in [0.4, 0.5) is 0 Å². The number of allylic oxidation sites excluding steroid dienone is 4. The average Bonchev–Trinajstić information content (AvgIpc) is 3.70. The lowest BCUT2D eigenvalue weighted by Crippen LogP contribution is -2.67. The van der Waals surface area contributed by atoms with Gasteiger partial charge >= 0.3 is 0 Å². The minimum absolute atomic E-state index is 0.0104. The zero-order chi connectivity index (χ0) is 30.1. The number of ketones is 1. The van der Waals surface area contributed by atoms with Gasteiger partial charge in [0, 0.05) is 46.2 Å². The fraction of sp³-hybridized carbons (Fsp3) is 0.513. The summed E-state index contributed by atoms with van der Waals surface area (Å²) in [5, 5.41) is 24.9. The van der Waals surface area contributed by atoms with E-state index in [0.29, 0.717) is 18.9 Å². The molecule has 2 heterocycles. The zero-order valence-electron chi connectivity index (χ0n) is 25.9. The lowest BCUT2D eigenvalue weighted by Gasteiger charge is -2.71. The van der Waals surface area contributed by atoms with Gasteiger partial charge in [-0.1, -0.05) is 74.5 Å². The predicted octanol–water partition coefficient (Wildman–Crippen LogP) is 7.69. The second kappa shape index (κ2) is 9.03. The summed E-state index contributed by atoms with van der Waals surface area (Å²) in [6.45, 7) is 7.29. The Morgan fingerprint density at radius 3 is 2.36 bits per heavy atom. The van der Waals surface area contributed by atoms with Gasteiger partial charge in [0.25, 0.3) is 0 Å². The van der Waals surface area contributed by atoms with E-state index in [1.165, 1.54) is 11.1 Å². The van der Waals surface area contributed by atoms with E-state index in [9.17, 15) is 15.0 Å². The second-order valence-corrected chi connectivity index (χ2v) is 16.8. The summed E-state index contributed by atoms with van der Waals surface area (Å²) in [5.41, 5.74) is 1.88. The molecule has 5 heteroatoms. The van der Waals surface area contributed by atoms with Gasteiger partial charge in [-0.2, -0.15) is 0 Å². The summed E-state index contributed by atoms with van der Waals surface area (Å²) in [6.07, 6.45) is 13.0. The standard InChI is InChI=1S/C39H43NO3S/c1-35-14-11-28(41)20-37(35)17-18-39(29(21-37)34(42)31-19-25-7-5-6-10-30(25)44-31)32(35)12-15-36(2)33(39)13-16-38(36,43)24-40-22-26-8-3-4-9-27(26)23-40/h3-10,17-19,21,28,32-33,41,43H,11-16,20,22-24H2,1-2H3/t28?,32-,33-,35-,36+,37+,38-,39-/m1/s1. The van der Waals surface area contributed by atoms with Crippen molar-refractivity contribution in [1.82, 2.24) is 4.90 Å². The number of nitrogens with zero attached hydrogens (tertiary/aromatic N) is 1. The van der Waals surface area contributed by atoms with E-state index in [2.05, 4.69) is 79.4 Å². The summed E-state index contributed by atoms with van der Waals surface area (Å²) in [5.74, 6) is 0.672. The Hall–Kier alpha value is -2.57. The molecule has 1 unspecified atom stereocenters. The molecule has 2 N–H and O–H groups in total. The normalized spacial score (nSPS) is 42.1. The maximum absolute atomic E-state index is 14.9. The lowest BCUT2D eigenvalue weighted by atomic mass is 9.32. The first-order valence-corrected chi connectivity index (χ1v) is 17.6. The number of aliphatic hydroxyl groups excluding tert-OH is 1. The fourth-order valence-electron chi connectivity index (χ4n) is 11.7. The third-order valence-electron chi connectivity index (χ3n) is 14.0. The van der Waals surface area contributed by atoms with Crippen LogP contribution in [0, 0.1) is 33.5 Å². The molecule has 3 fully saturated rings. The average molecular weight is 606 g/mol. The summed E-state index contributed by atoms with van der Waals surface area (Å²) in [4.78, 5) is 18.2. The van der Waals surface area contributed by atoms with Crippen molar-refractivity contribution >= 4 is 27.2 Å². The van der Waals surface area contributed by atoms with Gasteiger partial charge in [0.15, 0.2) is 5.78 Å². The number of Topliss-reactive ketones (excluding diaryl/α,β-unsaturated/α-hetero) is 1. The molecule has 228 valence electrons. The number of aliphatic hydroxyl groups is 2. The van der Waals surface area contributed by atoms with E-state index >= 15 is 0 Å². The van der Waals surface area contributed by atoms with Crippen molar-refractivity contribution in [2.75, 3.05) is 6.54 Å². The first-order valence-electron chi connectivity index (χ1n) is 16.8. The second-order valence-electron chi connectivity index (χ2n) is 15.7. The summed E-state index contributed by atoms with van der Waals surface area (Å²) < 4.78 is 1.15. The number of carbonyl (C=O) groups excluding carboxylic acids is 1. The Balaban J connectivity index is 1.15. The number of rotatable bonds is 4. The Labute approximate surface area is 264 Å². The number of hydrogen-bond acceptors (Lipinski definition) is 5. The molecule has 1 aromatic heterocycles. The smallest absolute Gasteiger partial charge is 0.199 e. The Bertz CT molecular complexity index is 1720. The maximum Gasteiger partial charge on any atom is 0.199 e. The van der Waals surface area contributed by atoms with Crippen molar-refractivity contribution in [2.45, 2.75) is 83.6 Å². The van der Waals surface area contributed by atoms with E-state index < -0.39 is 11.0 Å². The molecule has 1 aliphatic heterocycles. The van der Waals surface area contributed by atoms with Crippen molar-refractivity contribution in [3.63, 3.8) is 0 Å². The third-order valence-corrected chi connectivity index (χ3v) is 15.1. The van der Waals surface area contributed by atoms with E-state index in [-0.39, 0.29) is 34.1 Å². The van der Waals surface area contributed by atoms with Crippen molar-refractivity contribution in [3.05, 3.63) is 94.4 Å². The highest BCUT2D eigenvalue weighted by Crippen LogP contribution is 2.78. The van der Waals surface area contributed by atoms with Crippen molar-refractivity contribution < 1.29 is 15.0 Å². The zero-order valence-corrected chi connectivity index (χ0v) is 26.7. The van der Waals surface area contributed by atoms with Crippen molar-refractivity contribution in [1.29, 1.82) is 0 Å². The first-order chi connectivity index (χ1) is 21.1. The van der Waals surface area contributed by atoms with Gasteiger partial charge in [-0.05, 0) is 90.8 Å². The van der Waals surface area contributed by atoms with Crippen molar-refractivity contribution in [3.8, 4) is 0 Å². The van der Waals surface area contributed by atoms with E-state index in [0.717, 1.165) is 72.2 Å². The van der Waals surface area contributed by atoms with Gasteiger partial charge in [-0.3, -0.25) is 9.69 Å². The molecule has 44 heavy (non-hydrogen) atoms. The number of β-amino-alcohol motifs (C(OH)–C–C–N with tert-alkyl or cyclic N) is 1. The molecule has 3 saturated carbocycles. The van der Waals surface area contributed by atoms with Gasteiger partial charge in [0.05, 0.1) is 16.6 Å². The molecule has 10 rings (SSSR count). The minimum Gasteiger partial charge on any atom is -0.393 e. The molecule has 4 nitrogen and oxygen atoms in total. The first kappa shape index (κ1) is 27.7. The molecule has 2 aromatic carbocycles. The highest BCUT2D eigenvalue weighted by Gasteiger charge is 2.74. The number of thiophene rings is 1. The quantitative estimate of drug-likeness (QED) is 0.237. The monoisotopic (exact) mass is 605 g/mol. The molecule has 0 amide bonds. The van der Waals surface area contributed by atoms with Gasteiger partial charge < -0.3 is 10.2 Å². The SMILES string of the molecule is C[C@]12CC[C@H]3[C@]4(C=C[C@@]5(C=C4C(=O)c4cc6ccccc6s4)CC(O)CC[C@]35C)[C@@H]1CC[C@@]2(O)CN1Cc2ccccc2C1. The van der Waals surface area contributed by atoms with Crippen LogP contribution in [0.2, 0.25) is 0 Å². The summed E-state index contributed by atoms with van der Waals surface area (Å²) >= 11 is 1.61. The van der Waals surface area contributed by atoms with Crippen LogP contribution in [-0.4, -0.2) is 39.1 Å². The van der Waals surface area contributed by atoms with Crippen LogP contribution in [0.25, 0.3) is 10.1 Å². The van der Waals surface area contributed by atoms with Crippen LogP contribution in [0.1, 0.15) is 79.6 Å². The third kappa shape index (κ3) is 3.37. The van der Waals surface area contributed by atoms with Crippen LogP contribution in [0.3, 0.4) is 0 Å². The van der Waals surface area contributed by atoms with Crippen molar-refractivity contribution in [2.24, 2.45) is 33.5 Å². The van der Waals surface area contributed by atoms with Crippen LogP contribution in [0.15, 0.2) is 78.4 Å². The number of hydrogen-bond donors (Lipinski definition) is 2. The summed E-state index contributed by atoms with van der Waals surface area (Å²) in [7, 11) is 0. The Kier molecular flexibility index (Phi) is 5.69. The number of benzene rings is 2. The van der Waals surface area contributed by atoms with Gasteiger partial charge in [0.1, 0.15) is 0 Å². The van der Waals surface area contributed by atoms with Crippen LogP contribution >= 0.6 is 11.3 Å². The molecule has 7 aliphatic rings. The maximum atomic E-state index is 14.9. The number of carbonyl (C=O) groups is 1. The molecule has 0 radical (unpaired) electrons. The largest absolute Gasteiger partial charge is 0.393 e. The molecule has 3 aromatic rings. The molecular weight excluding hydrogens is 563 g/mol. The predicted molar refractivity (Wildman–Crippen MR) is 175 cm³/mol. The van der Waals surface area contributed by atoms with Crippen LogP contribution in [-0.2, 0) is 13.1 Å². The summed E-state index contributed by atoms with van der Waals surface area (Å²) in [6, 6.07) is 19.1. The Morgan fingerprint density at radius 2 is 1.59 bits per heavy atom. The van der Waals surface area contributed by atoms with Crippen LogP contribution < -0.4 is 0 Å². The van der Waals surface area contributed by atoms with Gasteiger partial charge in [0.2, 0.25) is 0 Å². The number of fused-ring (bicyclic) bond motifs is 3. The minimum atomic E-state index is -0.811. The molecule has 8 atom stereocenters. The molecule has 6 aliphatic carbocycles. The molecule has 0 saturated heterocycles. The molecule has 2 bridgehead atoms. The Morgan fingerprint density at radius 1 is 0.909 bits per heavy atom. The van der Waals surface area contributed by atoms with Crippen LogP contribution in [0.5, 0.6) is 0 Å². The topological polar surface area (TPSA) is 60.8 Å². The molecule has 2 spiro atoms. The molecular formula is C39H43NO3S. The highest BCUT2D eigenvalue weighted by atomic mass is 32.1. The lowest BCUT2D eigenvalue weighted by molar-refractivity contribution is -0.176.